The van der Waals surface area contributed by atoms with Gasteiger partial charge in [-0.15, -0.1) is 0 Å². The monoisotopic (exact) mass is 643 g/mol. The summed E-state index contributed by atoms with van der Waals surface area (Å²) in [5.74, 6) is -46.0. The van der Waals surface area contributed by atoms with Crippen LogP contribution in [0.2, 0.25) is 0 Å². The second-order valence-corrected chi connectivity index (χ2v) is 8.48. The zero-order valence-electron chi connectivity index (χ0n) is 19.5. The number of allylic oxidation sites excluding steroid dienone is 6. The maximum Gasteiger partial charge on any atom is 0.236 e. The molecule has 0 fully saturated rings. The third kappa shape index (κ3) is 3.95. The Hall–Kier alpha value is -4.47. The van der Waals surface area contributed by atoms with E-state index in [9.17, 15) is 53.9 Å². The van der Waals surface area contributed by atoms with Crippen LogP contribution in [0.25, 0.3) is 0 Å². The van der Waals surface area contributed by atoms with Gasteiger partial charge in [0.2, 0.25) is 18.2 Å². The lowest BCUT2D eigenvalue weighted by molar-refractivity contribution is -0.0256. The molecular weight excluding hydrogens is 639 g/mol. The molecule has 0 radical (unpaired) electrons. The van der Waals surface area contributed by atoms with Crippen LogP contribution >= 0.6 is 0 Å². The summed E-state index contributed by atoms with van der Waals surface area (Å²) in [6, 6.07) is 0. The molecule has 0 N–H and O–H groups in total. The molecule has 0 aromatic rings. The van der Waals surface area contributed by atoms with Crippen LogP contribution in [0.3, 0.4) is 0 Å². The van der Waals surface area contributed by atoms with Crippen molar-refractivity contribution in [2.45, 2.75) is 35.1 Å². The van der Waals surface area contributed by atoms with Gasteiger partial charge in [0.15, 0.2) is 105 Å². The summed E-state index contributed by atoms with van der Waals surface area (Å²) in [6.07, 6.45) is -14.3. The molecule has 3 rings (SSSR count). The lowest BCUT2D eigenvalue weighted by atomic mass is 9.54. The van der Waals surface area contributed by atoms with Crippen LogP contribution < -0.4 is 0 Å². The number of hydrogen-bond donors (Lipinski definition) is 0. The van der Waals surface area contributed by atoms with Crippen LogP contribution in [0.4, 0.5) is 65.9 Å². The van der Waals surface area contributed by atoms with Crippen molar-refractivity contribution in [3.8, 4) is 0 Å². The summed E-state index contributed by atoms with van der Waals surface area (Å²) < 4.78 is 223. The van der Waals surface area contributed by atoms with Gasteiger partial charge in [-0.2, -0.15) is 15.0 Å². The summed E-state index contributed by atoms with van der Waals surface area (Å²) in [7, 11) is 0. The van der Waals surface area contributed by atoms with Gasteiger partial charge in [-0.1, -0.05) is 0 Å². The summed E-state index contributed by atoms with van der Waals surface area (Å²) in [4.78, 5) is 40.2. The van der Waals surface area contributed by atoms with Crippen LogP contribution in [-0.4, -0.2) is 53.4 Å². The molecule has 0 spiro atoms. The Morgan fingerprint density at radius 3 is 0.837 bits per heavy atom. The zero-order valence-corrected chi connectivity index (χ0v) is 19.5. The van der Waals surface area contributed by atoms with E-state index in [4.69, 9.17) is 0 Å². The molecule has 21 heteroatoms. The number of halogens is 15. The normalized spacial score (nSPS) is 34.3. The van der Waals surface area contributed by atoms with Crippen LogP contribution in [-0.2, 0) is 14.4 Å². The molecular formula is C22H4F15N3O3. The van der Waals surface area contributed by atoms with Gasteiger partial charge in [-0.05, 0) is 0 Å². The number of isocyanates is 3. The first-order chi connectivity index (χ1) is 19.9. The predicted octanol–water partition coefficient (Wildman–Crippen LogP) is 6.79. The SMILES string of the molecule is O=C=NC1(C(C2(N=C=O)C(F)=C(F)C(F)=C(F)C2F)C2(N=C=O)C(F)=C(F)C(F)=C(F)C2F)C(F)=C(F)C(F)=C(F)C1F. The molecule has 0 bridgehead atoms. The number of alkyl halides is 3. The van der Waals surface area contributed by atoms with Crippen molar-refractivity contribution >= 4 is 18.2 Å². The van der Waals surface area contributed by atoms with Crippen molar-refractivity contribution in [1.29, 1.82) is 0 Å². The highest BCUT2D eigenvalue weighted by Crippen LogP contribution is 2.64. The van der Waals surface area contributed by atoms with Crippen molar-refractivity contribution in [2.75, 3.05) is 0 Å². The van der Waals surface area contributed by atoms with E-state index in [-0.39, 0.29) is 18.2 Å². The van der Waals surface area contributed by atoms with Crippen LogP contribution in [0.5, 0.6) is 0 Å². The highest BCUT2D eigenvalue weighted by Gasteiger charge is 2.79. The molecule has 6 nitrogen and oxygen atoms in total. The van der Waals surface area contributed by atoms with Gasteiger partial charge in [-0.3, -0.25) is 0 Å². The molecule has 230 valence electrons. The van der Waals surface area contributed by atoms with Gasteiger partial charge in [0.25, 0.3) is 0 Å². The number of carbonyl (C=O) groups excluding carboxylic acids is 3. The highest BCUT2D eigenvalue weighted by atomic mass is 19.2. The molecule has 0 amide bonds. The minimum absolute atomic E-state index is 0.0271. The van der Waals surface area contributed by atoms with E-state index in [1.54, 1.807) is 0 Å². The van der Waals surface area contributed by atoms with Crippen LogP contribution in [0, 0.1) is 5.92 Å². The predicted molar refractivity (Wildman–Crippen MR) is 106 cm³/mol. The Bertz CT molecular complexity index is 1460. The minimum Gasteiger partial charge on any atom is -0.236 e. The Kier molecular flexibility index (Phi) is 8.44. The Morgan fingerprint density at radius 2 is 0.651 bits per heavy atom. The van der Waals surface area contributed by atoms with Crippen LogP contribution in [0.1, 0.15) is 0 Å². The third-order valence-electron chi connectivity index (χ3n) is 6.68. The molecule has 0 aliphatic heterocycles. The Balaban J connectivity index is 2.88. The quantitative estimate of drug-likeness (QED) is 0.182. The topological polar surface area (TPSA) is 88.3 Å². The van der Waals surface area contributed by atoms with Gasteiger partial charge in [0, 0.05) is 0 Å². The van der Waals surface area contributed by atoms with Crippen molar-refractivity contribution in [3.05, 3.63) is 69.9 Å². The largest absolute Gasteiger partial charge is 0.236 e. The highest BCUT2D eigenvalue weighted by molar-refractivity contribution is 5.58. The van der Waals surface area contributed by atoms with Crippen molar-refractivity contribution in [3.63, 3.8) is 0 Å². The van der Waals surface area contributed by atoms with Crippen LogP contribution in [0.15, 0.2) is 84.9 Å². The Labute approximate surface area is 225 Å². The maximum atomic E-state index is 15.7. The number of nitrogens with zero attached hydrogens (tertiary/aromatic N) is 3. The van der Waals surface area contributed by atoms with E-state index in [0.717, 1.165) is 0 Å². The first-order valence-electron chi connectivity index (χ1n) is 10.5. The second-order valence-electron chi connectivity index (χ2n) is 8.48. The maximum absolute atomic E-state index is 15.7. The molecule has 43 heavy (non-hydrogen) atoms. The molecule has 0 saturated heterocycles. The summed E-state index contributed by atoms with van der Waals surface area (Å²) >= 11 is 0. The van der Waals surface area contributed by atoms with Crippen molar-refractivity contribution in [1.82, 2.24) is 0 Å². The molecule has 0 aromatic carbocycles. The first-order valence-corrected chi connectivity index (χ1v) is 10.5. The molecule has 3 aliphatic rings. The molecule has 0 heterocycles. The van der Waals surface area contributed by atoms with Gasteiger partial charge >= 0.3 is 0 Å². The van der Waals surface area contributed by atoms with E-state index in [1.165, 1.54) is 0 Å². The smallest absolute Gasteiger partial charge is 0.236 e. The average Bonchev–Trinajstić information content (AvgIpc) is 2.99. The Morgan fingerprint density at radius 1 is 0.442 bits per heavy atom. The molecule has 6 atom stereocenters. The average molecular weight is 643 g/mol. The van der Waals surface area contributed by atoms with Gasteiger partial charge in [0.1, 0.15) is 0 Å². The number of aliphatic imine (C=N–C) groups is 3. The lowest BCUT2D eigenvalue weighted by Crippen LogP contribution is -2.71. The zero-order chi connectivity index (χ0) is 33.0. The summed E-state index contributed by atoms with van der Waals surface area (Å²) in [5.41, 5.74) is -16.4. The fourth-order valence-electron chi connectivity index (χ4n) is 4.94. The van der Waals surface area contributed by atoms with Gasteiger partial charge < -0.3 is 0 Å². The molecule has 0 aromatic heterocycles. The summed E-state index contributed by atoms with van der Waals surface area (Å²) in [6.45, 7) is 0. The fourth-order valence-corrected chi connectivity index (χ4v) is 4.94. The van der Waals surface area contributed by atoms with E-state index in [0.29, 0.717) is 0 Å². The number of rotatable bonds is 6. The van der Waals surface area contributed by atoms with E-state index < -0.39 is 111 Å². The second kappa shape index (κ2) is 11.0. The summed E-state index contributed by atoms with van der Waals surface area (Å²) in [5, 5.41) is 0. The third-order valence-corrected chi connectivity index (χ3v) is 6.68. The molecule has 3 aliphatic carbocycles. The molecule has 6 unspecified atom stereocenters. The standard InChI is InChI=1S/C22H4F15N3O3/c23-4-7(26)13(32)20(38-1-41,14(33)8(4)27)19(21(39-2-42)15(34)9(28)5(24)10(29)16(21)35)22(40-3-43)17(36)11(30)6(25)12(31)18(22)37/h13,15,17,19H. The molecule has 0 saturated carbocycles. The van der Waals surface area contributed by atoms with Crippen molar-refractivity contribution < 1.29 is 80.2 Å². The van der Waals surface area contributed by atoms with Gasteiger partial charge in [-0.25, -0.2) is 80.2 Å². The van der Waals surface area contributed by atoms with E-state index >= 15 is 26.3 Å². The van der Waals surface area contributed by atoms with Crippen molar-refractivity contribution in [2.24, 2.45) is 20.9 Å². The first kappa shape index (κ1) is 33.0. The van der Waals surface area contributed by atoms with Gasteiger partial charge in [0.05, 0.1) is 5.92 Å². The van der Waals surface area contributed by atoms with E-state index in [1.807, 2.05) is 0 Å². The number of hydrogen-bond acceptors (Lipinski definition) is 6. The van der Waals surface area contributed by atoms with E-state index in [2.05, 4.69) is 15.0 Å². The minimum atomic E-state index is -5.46. The lowest BCUT2D eigenvalue weighted by Gasteiger charge is -2.53. The fraction of sp³-hybridized carbons (Fsp3) is 0.318.